The molecule has 0 N–H and O–H groups in total. The smallest absolute Gasteiger partial charge is 0.330 e. The van der Waals surface area contributed by atoms with E-state index in [9.17, 15) is 13.6 Å². The molecule has 4 aromatic rings. The number of para-hydroxylation sites is 2. The highest BCUT2D eigenvalue weighted by atomic mass is 19.1. The molecule has 1 aliphatic rings. The molecule has 0 radical (unpaired) electrons. The molecule has 10 heteroatoms. The lowest BCUT2D eigenvalue weighted by molar-refractivity contribution is 0.0277. The highest BCUT2D eigenvalue weighted by Crippen LogP contribution is 2.32. The first-order valence-corrected chi connectivity index (χ1v) is 10.8. The van der Waals surface area contributed by atoms with Gasteiger partial charge in [0.25, 0.3) is 0 Å². The van der Waals surface area contributed by atoms with Gasteiger partial charge in [0.1, 0.15) is 29.6 Å². The van der Waals surface area contributed by atoms with Crippen LogP contribution in [0, 0.1) is 5.92 Å². The zero-order valence-corrected chi connectivity index (χ0v) is 18.2. The topological polar surface area (TPSA) is 79.8 Å². The molecule has 2 atom stereocenters. The first-order valence-electron chi connectivity index (χ1n) is 10.8. The molecule has 0 amide bonds. The third-order valence-electron chi connectivity index (χ3n) is 5.85. The SMILES string of the molecule is CCOC1C(F)=CC=C(F)C1Cn1c(=O)n(CC)c2cnc(-n3cnc4ccccc43)nc21. The van der Waals surface area contributed by atoms with Gasteiger partial charge in [-0.2, -0.15) is 4.98 Å². The van der Waals surface area contributed by atoms with E-state index in [1.165, 1.54) is 9.13 Å². The molecule has 1 aliphatic carbocycles. The second kappa shape index (κ2) is 8.36. The summed E-state index contributed by atoms with van der Waals surface area (Å²) >= 11 is 0. The second-order valence-corrected chi connectivity index (χ2v) is 7.71. The van der Waals surface area contributed by atoms with Crippen LogP contribution in [-0.4, -0.2) is 41.4 Å². The molecular weight excluding hydrogens is 430 g/mol. The van der Waals surface area contributed by atoms with Crippen LogP contribution in [0.4, 0.5) is 8.78 Å². The van der Waals surface area contributed by atoms with Crippen molar-refractivity contribution in [3.8, 4) is 5.95 Å². The fourth-order valence-electron chi connectivity index (χ4n) is 4.26. The monoisotopic (exact) mass is 452 g/mol. The zero-order chi connectivity index (χ0) is 23.1. The van der Waals surface area contributed by atoms with Crippen LogP contribution in [0.25, 0.3) is 28.1 Å². The molecule has 5 rings (SSSR count). The van der Waals surface area contributed by atoms with Crippen molar-refractivity contribution >= 4 is 22.2 Å². The molecule has 0 spiro atoms. The Kier molecular flexibility index (Phi) is 5.37. The van der Waals surface area contributed by atoms with Gasteiger partial charge in [0.05, 0.1) is 23.1 Å². The van der Waals surface area contributed by atoms with Gasteiger partial charge >= 0.3 is 5.69 Å². The van der Waals surface area contributed by atoms with Gasteiger partial charge in [0, 0.05) is 19.7 Å². The number of imidazole rings is 2. The van der Waals surface area contributed by atoms with Crippen molar-refractivity contribution in [2.45, 2.75) is 33.0 Å². The number of hydrogen-bond donors (Lipinski definition) is 0. The number of nitrogens with zero attached hydrogens (tertiary/aromatic N) is 6. The molecule has 0 aliphatic heterocycles. The van der Waals surface area contributed by atoms with E-state index in [1.807, 2.05) is 31.2 Å². The van der Waals surface area contributed by atoms with Gasteiger partial charge in [0.15, 0.2) is 5.65 Å². The van der Waals surface area contributed by atoms with Crippen LogP contribution in [0.3, 0.4) is 0 Å². The fraction of sp³-hybridized carbons (Fsp3) is 0.304. The minimum Gasteiger partial charge on any atom is -0.371 e. The van der Waals surface area contributed by atoms with Crippen molar-refractivity contribution in [2.24, 2.45) is 5.92 Å². The van der Waals surface area contributed by atoms with Crippen LogP contribution in [0.15, 0.2) is 65.4 Å². The van der Waals surface area contributed by atoms with Gasteiger partial charge in [-0.25, -0.2) is 23.5 Å². The summed E-state index contributed by atoms with van der Waals surface area (Å²) in [7, 11) is 0. The lowest BCUT2D eigenvalue weighted by atomic mass is 9.95. The number of halogens is 2. The first kappa shape index (κ1) is 21.2. The van der Waals surface area contributed by atoms with Crippen molar-refractivity contribution in [3.63, 3.8) is 0 Å². The molecule has 2 unspecified atom stereocenters. The maximum absolute atomic E-state index is 14.8. The first-order chi connectivity index (χ1) is 16.0. The quantitative estimate of drug-likeness (QED) is 0.446. The second-order valence-electron chi connectivity index (χ2n) is 7.71. The Hall–Kier alpha value is -3.66. The summed E-state index contributed by atoms with van der Waals surface area (Å²) in [5.74, 6) is -1.79. The van der Waals surface area contributed by atoms with Crippen molar-refractivity contribution < 1.29 is 13.5 Å². The minimum atomic E-state index is -1.11. The molecule has 170 valence electrons. The summed E-state index contributed by atoms with van der Waals surface area (Å²) in [5.41, 5.74) is 2.07. The minimum absolute atomic E-state index is 0.127. The largest absolute Gasteiger partial charge is 0.371 e. The molecule has 3 heterocycles. The van der Waals surface area contributed by atoms with Crippen LogP contribution < -0.4 is 5.69 Å². The van der Waals surface area contributed by atoms with Gasteiger partial charge in [-0.15, -0.1) is 0 Å². The standard InChI is InChI=1S/C23H22F2N6O2/c1-3-29-19-11-26-22(31-13-27-17-7-5-6-8-18(17)31)28-21(19)30(23(29)32)12-14-15(24)9-10-16(25)20(14)33-4-2/h5-11,13-14,20H,3-4,12H2,1-2H3. The average Bonchev–Trinajstić information content (AvgIpc) is 3.37. The molecular formula is C23H22F2N6O2. The van der Waals surface area contributed by atoms with Crippen LogP contribution in [-0.2, 0) is 17.8 Å². The van der Waals surface area contributed by atoms with E-state index >= 15 is 0 Å². The van der Waals surface area contributed by atoms with E-state index in [2.05, 4.69) is 15.0 Å². The maximum atomic E-state index is 14.8. The number of fused-ring (bicyclic) bond motifs is 2. The summed E-state index contributed by atoms with van der Waals surface area (Å²) in [6.07, 6.45) is 4.22. The molecule has 0 fully saturated rings. The van der Waals surface area contributed by atoms with E-state index in [0.717, 1.165) is 23.2 Å². The molecule has 0 saturated carbocycles. The van der Waals surface area contributed by atoms with Gasteiger partial charge < -0.3 is 4.74 Å². The average molecular weight is 452 g/mol. The van der Waals surface area contributed by atoms with E-state index in [-0.39, 0.29) is 18.8 Å². The summed E-state index contributed by atoms with van der Waals surface area (Å²) in [5, 5.41) is 0. The summed E-state index contributed by atoms with van der Waals surface area (Å²) in [6.45, 7) is 4.00. The Morgan fingerprint density at radius 3 is 2.61 bits per heavy atom. The fourth-order valence-corrected chi connectivity index (χ4v) is 4.26. The Morgan fingerprint density at radius 2 is 1.82 bits per heavy atom. The van der Waals surface area contributed by atoms with Crippen LogP contribution in [0.5, 0.6) is 0 Å². The Labute approximate surface area is 187 Å². The predicted molar refractivity (Wildman–Crippen MR) is 119 cm³/mol. The summed E-state index contributed by atoms with van der Waals surface area (Å²) in [4.78, 5) is 26.7. The number of aromatic nitrogens is 6. The number of allylic oxidation sites excluding steroid dienone is 2. The number of aryl methyl sites for hydroxylation is 1. The van der Waals surface area contributed by atoms with Gasteiger partial charge in [-0.3, -0.25) is 13.7 Å². The Balaban J connectivity index is 1.65. The van der Waals surface area contributed by atoms with Crippen molar-refractivity contribution in [2.75, 3.05) is 6.61 Å². The van der Waals surface area contributed by atoms with E-state index < -0.39 is 23.7 Å². The third kappa shape index (κ3) is 3.46. The van der Waals surface area contributed by atoms with E-state index in [0.29, 0.717) is 23.7 Å². The lowest BCUT2D eigenvalue weighted by Crippen LogP contribution is -2.35. The van der Waals surface area contributed by atoms with Crippen LogP contribution in [0.1, 0.15) is 13.8 Å². The highest BCUT2D eigenvalue weighted by Gasteiger charge is 2.34. The number of benzene rings is 1. The Bertz CT molecular complexity index is 1460. The van der Waals surface area contributed by atoms with Crippen molar-refractivity contribution in [1.29, 1.82) is 0 Å². The normalized spacial score (nSPS) is 18.7. The van der Waals surface area contributed by atoms with Crippen LogP contribution >= 0.6 is 0 Å². The Morgan fingerprint density at radius 1 is 1.03 bits per heavy atom. The van der Waals surface area contributed by atoms with E-state index in [4.69, 9.17) is 4.74 Å². The summed E-state index contributed by atoms with van der Waals surface area (Å²) in [6, 6.07) is 7.54. The predicted octanol–water partition coefficient (Wildman–Crippen LogP) is 3.69. The highest BCUT2D eigenvalue weighted by molar-refractivity contribution is 5.77. The molecule has 33 heavy (non-hydrogen) atoms. The van der Waals surface area contributed by atoms with E-state index in [1.54, 1.807) is 24.0 Å². The van der Waals surface area contributed by atoms with Gasteiger partial charge in [-0.05, 0) is 38.1 Å². The molecule has 1 aromatic carbocycles. The number of rotatable bonds is 6. The number of hydrogen-bond acceptors (Lipinski definition) is 5. The van der Waals surface area contributed by atoms with Crippen molar-refractivity contribution in [1.82, 2.24) is 28.7 Å². The third-order valence-corrected chi connectivity index (χ3v) is 5.85. The molecule has 0 saturated heterocycles. The molecule has 3 aromatic heterocycles. The van der Waals surface area contributed by atoms with Gasteiger partial charge in [0.2, 0.25) is 5.95 Å². The van der Waals surface area contributed by atoms with Gasteiger partial charge in [-0.1, -0.05) is 12.1 Å². The molecule has 0 bridgehead atoms. The zero-order valence-electron chi connectivity index (χ0n) is 18.2. The summed E-state index contributed by atoms with van der Waals surface area (Å²) < 4.78 is 39.3. The van der Waals surface area contributed by atoms with Crippen molar-refractivity contribution in [3.05, 3.63) is 71.1 Å². The maximum Gasteiger partial charge on any atom is 0.330 e. The number of ether oxygens (including phenoxy) is 1. The molecule has 8 nitrogen and oxygen atoms in total. The lowest BCUT2D eigenvalue weighted by Gasteiger charge is -2.27. The van der Waals surface area contributed by atoms with Crippen LogP contribution in [0.2, 0.25) is 0 Å².